The molecule has 6 nitrogen and oxygen atoms in total. The lowest BCUT2D eigenvalue weighted by Gasteiger charge is -2.37. The summed E-state index contributed by atoms with van der Waals surface area (Å²) in [6, 6.07) is 15.2. The van der Waals surface area contributed by atoms with Crippen LogP contribution in [0.4, 0.5) is 10.5 Å². The normalized spacial score (nSPS) is 13.9. The van der Waals surface area contributed by atoms with E-state index in [9.17, 15) is 9.59 Å². The minimum atomic E-state index is -0.342. The number of urea groups is 1. The molecule has 0 saturated carbocycles. The van der Waals surface area contributed by atoms with Crippen molar-refractivity contribution in [3.8, 4) is 0 Å². The summed E-state index contributed by atoms with van der Waals surface area (Å²) in [7, 11) is 0. The zero-order valence-electron chi connectivity index (χ0n) is 16.0. The predicted octanol–water partition coefficient (Wildman–Crippen LogP) is 2.80. The first-order valence-electron chi connectivity index (χ1n) is 9.37. The minimum Gasteiger partial charge on any atom is -0.368 e. The Morgan fingerprint density at radius 2 is 1.71 bits per heavy atom. The Hall–Kier alpha value is -2.73. The molecule has 2 N–H and O–H groups in total. The van der Waals surface area contributed by atoms with Crippen LogP contribution in [0.15, 0.2) is 48.5 Å². The van der Waals surface area contributed by atoms with Crippen LogP contribution < -0.4 is 15.5 Å². The monoisotopic (exact) mass is 400 g/mol. The molecule has 0 aromatic heterocycles. The molecular formula is C21H25ClN4O2. The third-order valence-corrected chi connectivity index (χ3v) is 5.08. The molecule has 2 aromatic rings. The molecule has 0 aliphatic carbocycles. The molecule has 0 radical (unpaired) electrons. The third kappa shape index (κ3) is 5.39. The molecule has 1 heterocycles. The second-order valence-electron chi connectivity index (χ2n) is 6.82. The Balaban J connectivity index is 1.41. The summed E-state index contributed by atoms with van der Waals surface area (Å²) in [5.41, 5.74) is 3.29. The van der Waals surface area contributed by atoms with Crippen LogP contribution in [0.1, 0.15) is 11.1 Å². The number of nitrogens with zero attached hydrogens (tertiary/aromatic N) is 2. The van der Waals surface area contributed by atoms with E-state index in [-0.39, 0.29) is 18.5 Å². The van der Waals surface area contributed by atoms with Crippen LogP contribution in [0.5, 0.6) is 0 Å². The largest absolute Gasteiger partial charge is 0.368 e. The van der Waals surface area contributed by atoms with E-state index in [1.807, 2.05) is 48.5 Å². The van der Waals surface area contributed by atoms with Gasteiger partial charge in [-0.1, -0.05) is 48.0 Å². The zero-order chi connectivity index (χ0) is 19.9. The highest BCUT2D eigenvalue weighted by Gasteiger charge is 2.22. The summed E-state index contributed by atoms with van der Waals surface area (Å²) < 4.78 is 0. The number of aryl methyl sites for hydroxylation is 1. The number of amides is 3. The zero-order valence-corrected chi connectivity index (χ0v) is 16.7. The molecule has 0 atom stereocenters. The van der Waals surface area contributed by atoms with Crippen LogP contribution in [-0.4, -0.2) is 49.6 Å². The Morgan fingerprint density at radius 1 is 1.00 bits per heavy atom. The van der Waals surface area contributed by atoms with Crippen molar-refractivity contribution in [1.82, 2.24) is 15.5 Å². The van der Waals surface area contributed by atoms with E-state index in [0.29, 0.717) is 24.7 Å². The highest BCUT2D eigenvalue weighted by atomic mass is 35.5. The molecule has 1 fully saturated rings. The van der Waals surface area contributed by atoms with Crippen LogP contribution in [0.2, 0.25) is 5.02 Å². The number of piperazine rings is 1. The van der Waals surface area contributed by atoms with Crippen molar-refractivity contribution < 1.29 is 9.59 Å². The maximum Gasteiger partial charge on any atom is 0.315 e. The van der Waals surface area contributed by atoms with E-state index in [0.717, 1.165) is 24.3 Å². The number of hydrogen-bond donors (Lipinski definition) is 2. The highest BCUT2D eigenvalue weighted by molar-refractivity contribution is 6.30. The molecule has 0 spiro atoms. The number of hydrogen-bond acceptors (Lipinski definition) is 3. The van der Waals surface area contributed by atoms with Crippen molar-refractivity contribution in [1.29, 1.82) is 0 Å². The number of rotatable bonds is 5. The minimum absolute atomic E-state index is 0.00316. The number of nitrogens with one attached hydrogen (secondary N) is 2. The van der Waals surface area contributed by atoms with E-state index in [2.05, 4.69) is 22.5 Å². The van der Waals surface area contributed by atoms with Gasteiger partial charge in [0.25, 0.3) is 0 Å². The van der Waals surface area contributed by atoms with Crippen LogP contribution in [0.25, 0.3) is 0 Å². The van der Waals surface area contributed by atoms with Crippen molar-refractivity contribution in [2.24, 2.45) is 0 Å². The molecule has 28 heavy (non-hydrogen) atoms. The molecule has 2 aromatic carbocycles. The smallest absolute Gasteiger partial charge is 0.315 e. The second-order valence-corrected chi connectivity index (χ2v) is 7.26. The lowest BCUT2D eigenvalue weighted by Crippen LogP contribution is -2.52. The van der Waals surface area contributed by atoms with Crippen LogP contribution in [0.3, 0.4) is 0 Å². The molecule has 0 bridgehead atoms. The van der Waals surface area contributed by atoms with E-state index in [1.54, 1.807) is 4.90 Å². The number of benzene rings is 2. The molecule has 3 amide bonds. The van der Waals surface area contributed by atoms with Gasteiger partial charge in [0.05, 0.1) is 6.54 Å². The fourth-order valence-corrected chi connectivity index (χ4v) is 3.39. The van der Waals surface area contributed by atoms with E-state index >= 15 is 0 Å². The quantitative estimate of drug-likeness (QED) is 0.811. The molecule has 148 valence electrons. The van der Waals surface area contributed by atoms with Gasteiger partial charge < -0.3 is 20.4 Å². The van der Waals surface area contributed by atoms with Gasteiger partial charge in [-0.25, -0.2) is 4.79 Å². The first-order valence-corrected chi connectivity index (χ1v) is 9.75. The van der Waals surface area contributed by atoms with Crippen LogP contribution in [-0.2, 0) is 11.3 Å². The van der Waals surface area contributed by atoms with Gasteiger partial charge in [0.1, 0.15) is 0 Å². The van der Waals surface area contributed by atoms with Gasteiger partial charge in [-0.15, -0.1) is 0 Å². The molecule has 1 saturated heterocycles. The summed E-state index contributed by atoms with van der Waals surface area (Å²) in [6.45, 7) is 5.22. The predicted molar refractivity (Wildman–Crippen MR) is 112 cm³/mol. The lowest BCUT2D eigenvalue weighted by molar-refractivity contribution is -0.130. The Labute approximate surface area is 170 Å². The summed E-state index contributed by atoms with van der Waals surface area (Å²) >= 11 is 6.11. The summed E-state index contributed by atoms with van der Waals surface area (Å²) in [6.07, 6.45) is 0. The molecule has 1 aliphatic heterocycles. The van der Waals surface area contributed by atoms with Gasteiger partial charge >= 0.3 is 6.03 Å². The van der Waals surface area contributed by atoms with Crippen molar-refractivity contribution >= 4 is 29.2 Å². The SMILES string of the molecule is Cc1ccc(Cl)cc1N1CCN(C(=O)CNC(=O)NCc2ccccc2)CC1. The third-order valence-electron chi connectivity index (χ3n) is 4.84. The van der Waals surface area contributed by atoms with E-state index in [1.165, 1.54) is 5.56 Å². The van der Waals surface area contributed by atoms with E-state index < -0.39 is 0 Å². The number of halogens is 1. The van der Waals surface area contributed by atoms with Crippen molar-refractivity contribution in [3.63, 3.8) is 0 Å². The van der Waals surface area contributed by atoms with Gasteiger partial charge in [-0.05, 0) is 30.2 Å². The number of anilines is 1. The maximum atomic E-state index is 12.4. The first-order chi connectivity index (χ1) is 13.5. The summed E-state index contributed by atoms with van der Waals surface area (Å²) in [5, 5.41) is 6.11. The fourth-order valence-electron chi connectivity index (χ4n) is 3.23. The molecular weight excluding hydrogens is 376 g/mol. The Morgan fingerprint density at radius 3 is 2.43 bits per heavy atom. The Bertz CT molecular complexity index is 820. The van der Waals surface area contributed by atoms with Gasteiger partial charge in [0.15, 0.2) is 0 Å². The van der Waals surface area contributed by atoms with Crippen LogP contribution in [0, 0.1) is 6.92 Å². The van der Waals surface area contributed by atoms with Crippen molar-refractivity contribution in [2.75, 3.05) is 37.6 Å². The average Bonchev–Trinajstić information content (AvgIpc) is 2.73. The Kier molecular flexibility index (Phi) is 6.76. The van der Waals surface area contributed by atoms with Crippen molar-refractivity contribution in [3.05, 3.63) is 64.7 Å². The number of carbonyl (C=O) groups excluding carboxylic acids is 2. The second kappa shape index (κ2) is 9.46. The van der Waals surface area contributed by atoms with Crippen LogP contribution >= 0.6 is 11.6 Å². The number of carbonyl (C=O) groups is 2. The van der Waals surface area contributed by atoms with Gasteiger partial charge in [0, 0.05) is 43.4 Å². The lowest BCUT2D eigenvalue weighted by atomic mass is 10.1. The topological polar surface area (TPSA) is 64.7 Å². The molecule has 0 unspecified atom stereocenters. The standard InChI is InChI=1S/C21H25ClN4O2/c1-16-7-8-18(22)13-19(16)25-9-11-26(12-10-25)20(27)15-24-21(28)23-14-17-5-3-2-4-6-17/h2-8,13H,9-12,14-15H2,1H3,(H2,23,24,28). The van der Waals surface area contributed by atoms with Gasteiger partial charge in [-0.3, -0.25) is 4.79 Å². The average molecular weight is 401 g/mol. The molecule has 3 rings (SSSR count). The van der Waals surface area contributed by atoms with E-state index in [4.69, 9.17) is 11.6 Å². The molecule has 1 aliphatic rings. The summed E-state index contributed by atoms with van der Waals surface area (Å²) in [5.74, 6) is -0.0719. The maximum absolute atomic E-state index is 12.4. The van der Waals surface area contributed by atoms with Crippen molar-refractivity contribution in [2.45, 2.75) is 13.5 Å². The fraction of sp³-hybridized carbons (Fsp3) is 0.333. The van der Waals surface area contributed by atoms with Gasteiger partial charge in [0.2, 0.25) is 5.91 Å². The highest BCUT2D eigenvalue weighted by Crippen LogP contribution is 2.25. The summed E-state index contributed by atoms with van der Waals surface area (Å²) in [4.78, 5) is 28.3. The van der Waals surface area contributed by atoms with Gasteiger partial charge in [-0.2, -0.15) is 0 Å². The first kappa shape index (κ1) is 20.0. The molecule has 7 heteroatoms.